The zero-order valence-corrected chi connectivity index (χ0v) is 8.25. The molecule has 17 heavy (non-hydrogen) atoms. The maximum atomic E-state index is 12.6. The van der Waals surface area contributed by atoms with Gasteiger partial charge in [0.2, 0.25) is 0 Å². The molecule has 3 nitrogen and oxygen atoms in total. The van der Waals surface area contributed by atoms with Crippen LogP contribution in [0.2, 0.25) is 0 Å². The molecule has 0 radical (unpaired) electrons. The van der Waals surface area contributed by atoms with Crippen molar-refractivity contribution in [3.05, 3.63) is 41.5 Å². The van der Waals surface area contributed by atoms with Gasteiger partial charge in [-0.1, -0.05) is 30.3 Å². The Balaban J connectivity index is 2.65. The largest absolute Gasteiger partial charge is 0.424 e. The summed E-state index contributed by atoms with van der Waals surface area (Å²) in [5.41, 5.74) is -2.27. The molecule has 1 heterocycles. The highest BCUT2D eigenvalue weighted by Crippen LogP contribution is 2.37. The molecular formula is C11H5F3O3. The van der Waals surface area contributed by atoms with E-state index in [1.54, 1.807) is 6.07 Å². The first-order chi connectivity index (χ1) is 7.91. The number of hydrogen-bond donors (Lipinski definition) is 0. The van der Waals surface area contributed by atoms with Crippen LogP contribution in [0, 0.1) is 0 Å². The second kappa shape index (κ2) is 3.73. The summed E-state index contributed by atoms with van der Waals surface area (Å²) in [4.78, 5) is 22.2. The summed E-state index contributed by atoms with van der Waals surface area (Å²) < 4.78 is 41.8. The number of carbonyl (C=O) groups is 2. The zero-order valence-electron chi connectivity index (χ0n) is 8.25. The standard InChI is InChI=1S/C11H5F3O3/c12-11(13,14)8-7(9(15)17-10(8)16)6-4-2-1-3-5-6/h1-5H. The van der Waals surface area contributed by atoms with Crippen LogP contribution in [-0.4, -0.2) is 18.1 Å². The van der Waals surface area contributed by atoms with Crippen molar-refractivity contribution in [2.45, 2.75) is 6.18 Å². The summed E-state index contributed by atoms with van der Waals surface area (Å²) in [6.07, 6.45) is -4.91. The quantitative estimate of drug-likeness (QED) is 0.559. The van der Waals surface area contributed by atoms with Crippen LogP contribution in [0.5, 0.6) is 0 Å². The molecule has 88 valence electrons. The average Bonchev–Trinajstić information content (AvgIpc) is 2.54. The maximum absolute atomic E-state index is 12.6. The second-order valence-electron chi connectivity index (χ2n) is 3.29. The summed E-state index contributed by atoms with van der Waals surface area (Å²) in [7, 11) is 0. The third-order valence-corrected chi connectivity index (χ3v) is 2.19. The lowest BCUT2D eigenvalue weighted by Crippen LogP contribution is -2.18. The van der Waals surface area contributed by atoms with Gasteiger partial charge in [-0.25, -0.2) is 9.59 Å². The molecule has 0 aliphatic carbocycles. The number of cyclic esters (lactones) is 2. The number of halogens is 3. The number of carbonyl (C=O) groups excluding carboxylic acids is 2. The number of ether oxygens (including phenoxy) is 1. The van der Waals surface area contributed by atoms with Gasteiger partial charge in [-0.15, -0.1) is 0 Å². The maximum Gasteiger partial charge on any atom is 0.424 e. The third kappa shape index (κ3) is 1.93. The summed E-state index contributed by atoms with van der Waals surface area (Å²) in [6, 6.07) is 7.13. The molecule has 0 unspecified atom stereocenters. The summed E-state index contributed by atoms with van der Waals surface area (Å²) in [5, 5.41) is 0. The number of rotatable bonds is 1. The number of hydrogen-bond acceptors (Lipinski definition) is 3. The van der Waals surface area contributed by atoms with Crippen molar-refractivity contribution in [1.82, 2.24) is 0 Å². The van der Waals surface area contributed by atoms with E-state index in [2.05, 4.69) is 4.74 Å². The van der Waals surface area contributed by atoms with Gasteiger partial charge >= 0.3 is 18.1 Å². The molecule has 0 N–H and O–H groups in total. The highest BCUT2D eigenvalue weighted by Gasteiger charge is 2.49. The summed E-state index contributed by atoms with van der Waals surface area (Å²) in [6.45, 7) is 0. The first-order valence-corrected chi connectivity index (χ1v) is 4.54. The summed E-state index contributed by atoms with van der Waals surface area (Å²) in [5.74, 6) is -2.92. The Morgan fingerprint density at radius 3 is 2.06 bits per heavy atom. The van der Waals surface area contributed by atoms with Crippen LogP contribution >= 0.6 is 0 Å². The van der Waals surface area contributed by atoms with Gasteiger partial charge in [-0.2, -0.15) is 13.2 Å². The molecule has 0 bridgehead atoms. The Kier molecular flexibility index (Phi) is 2.49. The molecule has 0 amide bonds. The van der Waals surface area contributed by atoms with Crippen molar-refractivity contribution < 1.29 is 27.5 Å². The van der Waals surface area contributed by atoms with Gasteiger partial charge in [-0.05, 0) is 5.56 Å². The molecular weight excluding hydrogens is 237 g/mol. The Labute approximate surface area is 93.5 Å². The van der Waals surface area contributed by atoms with E-state index in [1.807, 2.05) is 0 Å². The third-order valence-electron chi connectivity index (χ3n) is 2.19. The topological polar surface area (TPSA) is 43.4 Å². The Bertz CT molecular complexity index is 515. The van der Waals surface area contributed by atoms with Crippen LogP contribution in [0.25, 0.3) is 5.57 Å². The van der Waals surface area contributed by atoms with Crippen LogP contribution in [-0.2, 0) is 14.3 Å². The van der Waals surface area contributed by atoms with Crippen LogP contribution in [0.15, 0.2) is 35.9 Å². The Morgan fingerprint density at radius 1 is 0.941 bits per heavy atom. The van der Waals surface area contributed by atoms with Gasteiger partial charge in [0.25, 0.3) is 0 Å². The smallest absolute Gasteiger partial charge is 0.386 e. The van der Waals surface area contributed by atoms with E-state index in [1.165, 1.54) is 24.3 Å². The fourth-order valence-corrected chi connectivity index (χ4v) is 1.51. The molecule has 0 aromatic heterocycles. The molecule has 0 fully saturated rings. The molecule has 0 saturated carbocycles. The van der Waals surface area contributed by atoms with Crippen LogP contribution in [0.1, 0.15) is 5.56 Å². The molecule has 0 spiro atoms. The Morgan fingerprint density at radius 2 is 1.53 bits per heavy atom. The lowest BCUT2D eigenvalue weighted by Gasteiger charge is -2.06. The van der Waals surface area contributed by atoms with Crippen molar-refractivity contribution in [2.24, 2.45) is 0 Å². The van der Waals surface area contributed by atoms with Crippen LogP contribution in [0.3, 0.4) is 0 Å². The second-order valence-corrected chi connectivity index (χ2v) is 3.29. The van der Waals surface area contributed by atoms with E-state index >= 15 is 0 Å². The fraction of sp³-hybridized carbons (Fsp3) is 0.0909. The Hall–Kier alpha value is -2.11. The van der Waals surface area contributed by atoms with Crippen molar-refractivity contribution >= 4 is 17.5 Å². The predicted molar refractivity (Wildman–Crippen MR) is 50.5 cm³/mol. The molecule has 0 atom stereocenters. The fourth-order valence-electron chi connectivity index (χ4n) is 1.51. The van der Waals surface area contributed by atoms with Gasteiger partial charge in [-0.3, -0.25) is 0 Å². The minimum absolute atomic E-state index is 0.00988. The molecule has 1 aromatic rings. The van der Waals surface area contributed by atoms with Crippen LogP contribution < -0.4 is 0 Å². The monoisotopic (exact) mass is 242 g/mol. The number of alkyl halides is 3. The van der Waals surface area contributed by atoms with Gasteiger partial charge in [0.05, 0.1) is 5.57 Å². The molecule has 0 saturated heterocycles. The van der Waals surface area contributed by atoms with Crippen molar-refractivity contribution in [1.29, 1.82) is 0 Å². The van der Waals surface area contributed by atoms with Gasteiger partial charge < -0.3 is 4.74 Å². The van der Waals surface area contributed by atoms with Crippen molar-refractivity contribution in [2.75, 3.05) is 0 Å². The highest BCUT2D eigenvalue weighted by molar-refractivity contribution is 6.31. The molecule has 2 rings (SSSR count). The molecule has 1 aromatic carbocycles. The molecule has 1 aliphatic rings. The van der Waals surface area contributed by atoms with Gasteiger partial charge in [0.1, 0.15) is 0 Å². The van der Waals surface area contributed by atoms with Crippen molar-refractivity contribution in [3.63, 3.8) is 0 Å². The first-order valence-electron chi connectivity index (χ1n) is 4.54. The average molecular weight is 242 g/mol. The van der Waals surface area contributed by atoms with Gasteiger partial charge in [0, 0.05) is 0 Å². The van der Waals surface area contributed by atoms with Crippen molar-refractivity contribution in [3.8, 4) is 0 Å². The number of benzene rings is 1. The predicted octanol–water partition coefficient (Wildman–Crippen LogP) is 2.09. The molecule has 6 heteroatoms. The van der Waals surface area contributed by atoms with Crippen LogP contribution in [0.4, 0.5) is 13.2 Å². The van der Waals surface area contributed by atoms with Gasteiger partial charge in [0.15, 0.2) is 5.57 Å². The zero-order chi connectivity index (χ0) is 12.6. The highest BCUT2D eigenvalue weighted by atomic mass is 19.4. The van der Waals surface area contributed by atoms with E-state index in [-0.39, 0.29) is 5.56 Å². The lowest BCUT2D eigenvalue weighted by molar-refractivity contribution is -0.154. The van der Waals surface area contributed by atoms with E-state index in [0.29, 0.717) is 0 Å². The minimum Gasteiger partial charge on any atom is -0.386 e. The van der Waals surface area contributed by atoms with E-state index in [4.69, 9.17) is 0 Å². The minimum atomic E-state index is -4.91. The SMILES string of the molecule is O=C1OC(=O)C(C(F)(F)F)=C1c1ccccc1. The normalized spacial score (nSPS) is 16.4. The van der Waals surface area contributed by atoms with E-state index < -0.39 is 29.3 Å². The number of esters is 2. The van der Waals surface area contributed by atoms with E-state index in [0.717, 1.165) is 0 Å². The first kappa shape index (κ1) is 11.4. The summed E-state index contributed by atoms with van der Waals surface area (Å²) >= 11 is 0. The lowest BCUT2D eigenvalue weighted by atomic mass is 10.0. The molecule has 1 aliphatic heterocycles. The van der Waals surface area contributed by atoms with E-state index in [9.17, 15) is 22.8 Å².